The summed E-state index contributed by atoms with van der Waals surface area (Å²) >= 11 is 0. The van der Waals surface area contributed by atoms with E-state index in [-0.39, 0.29) is 56.0 Å². The van der Waals surface area contributed by atoms with Crippen molar-refractivity contribution >= 4 is 30.3 Å². The molecule has 0 aromatic carbocycles. The Hall–Kier alpha value is -4.84. The molecule has 71 heavy (non-hydrogen) atoms. The van der Waals surface area contributed by atoms with Gasteiger partial charge in [-0.1, -0.05) is 20.1 Å². The highest BCUT2D eigenvalue weighted by atomic mass is 16.6. The third kappa shape index (κ3) is 28.1. The predicted molar refractivity (Wildman–Crippen MR) is 279 cm³/mol. The normalized spacial score (nSPS) is 21.3. The fourth-order valence-corrected chi connectivity index (χ4v) is 7.27. The summed E-state index contributed by atoms with van der Waals surface area (Å²) < 4.78 is 27.7. The SMILES string of the molecule is C.C=Cc1ccncc1.CC(=O)O.CN(C(=O)OC(C)(C)C)C1CC(O)C1.CN(C(=O)OC(C)(C)C)C1CC(OCCC2CCNCC2)C1.CN(C(=O)OC(C)(C)C)C1CC(OCCc2ccncc2)C1. The minimum absolute atomic E-state index is 0. The molecule has 1 saturated heterocycles. The molecule has 4 fully saturated rings. The third-order valence-corrected chi connectivity index (χ3v) is 11.7. The van der Waals surface area contributed by atoms with Crippen LogP contribution in [0.15, 0.2) is 55.6 Å². The van der Waals surface area contributed by atoms with Crippen molar-refractivity contribution in [3.8, 4) is 0 Å². The van der Waals surface area contributed by atoms with Gasteiger partial charge in [0.2, 0.25) is 0 Å². The number of aliphatic hydroxyl groups excluding tert-OH is 1. The molecule has 3 aliphatic carbocycles. The van der Waals surface area contributed by atoms with E-state index < -0.39 is 22.8 Å². The number of nitrogens with one attached hydrogen (secondary N) is 1. The lowest BCUT2D eigenvalue weighted by Crippen LogP contribution is -2.50. The summed E-state index contributed by atoms with van der Waals surface area (Å²) in [5, 5.41) is 19.9. The minimum Gasteiger partial charge on any atom is -0.481 e. The van der Waals surface area contributed by atoms with Crippen molar-refractivity contribution < 1.29 is 53.1 Å². The topological polar surface area (TPSA) is 202 Å². The molecule has 2 aromatic heterocycles. The van der Waals surface area contributed by atoms with E-state index in [1.54, 1.807) is 59.7 Å². The first kappa shape index (κ1) is 64.2. The van der Waals surface area contributed by atoms with Gasteiger partial charge >= 0.3 is 18.3 Å². The molecule has 0 spiro atoms. The van der Waals surface area contributed by atoms with Crippen molar-refractivity contribution in [2.24, 2.45) is 5.92 Å². The Labute approximate surface area is 426 Å². The summed E-state index contributed by atoms with van der Waals surface area (Å²) in [5.41, 5.74) is 1.01. The number of carboxylic acid groups (broad SMARTS) is 1. The molecule has 6 rings (SSSR count). The van der Waals surface area contributed by atoms with Crippen LogP contribution in [0.5, 0.6) is 0 Å². The summed E-state index contributed by atoms with van der Waals surface area (Å²) in [6, 6.07) is 8.45. The predicted octanol–water partition coefficient (Wildman–Crippen LogP) is 9.66. The molecule has 1 aliphatic heterocycles. The Balaban J connectivity index is 0.000000481. The second-order valence-electron chi connectivity index (χ2n) is 21.4. The Kier molecular flexibility index (Phi) is 28.5. The molecule has 404 valence electrons. The van der Waals surface area contributed by atoms with Gasteiger partial charge < -0.3 is 53.9 Å². The van der Waals surface area contributed by atoms with Crippen molar-refractivity contribution in [2.75, 3.05) is 47.4 Å². The molecule has 3 N–H and O–H groups in total. The van der Waals surface area contributed by atoms with Crippen molar-refractivity contribution in [1.29, 1.82) is 0 Å². The lowest BCUT2D eigenvalue weighted by atomic mass is 9.88. The fraction of sp³-hybridized carbons (Fsp3) is 0.704. The zero-order valence-electron chi connectivity index (χ0n) is 44.6. The van der Waals surface area contributed by atoms with E-state index >= 15 is 0 Å². The summed E-state index contributed by atoms with van der Waals surface area (Å²) in [4.78, 5) is 57.3. The summed E-state index contributed by atoms with van der Waals surface area (Å²) in [5.74, 6) is -0.0124. The monoisotopic (exact) mass is 1000 g/mol. The van der Waals surface area contributed by atoms with Crippen molar-refractivity contribution in [2.45, 2.75) is 194 Å². The first-order chi connectivity index (χ1) is 32.7. The quantitative estimate of drug-likeness (QED) is 0.170. The number of aliphatic carboxylic acids is 1. The average molecular weight is 1000 g/mol. The van der Waals surface area contributed by atoms with Gasteiger partial charge in [0.25, 0.3) is 5.97 Å². The van der Waals surface area contributed by atoms with Crippen LogP contribution >= 0.6 is 0 Å². The molecule has 3 saturated carbocycles. The van der Waals surface area contributed by atoms with Gasteiger partial charge in [-0.05, 0) is 181 Å². The van der Waals surface area contributed by atoms with Crippen LogP contribution in [0.4, 0.5) is 14.4 Å². The van der Waals surface area contributed by atoms with Gasteiger partial charge in [0, 0.05) is 77.6 Å². The molecule has 17 nitrogen and oxygen atoms in total. The standard InChI is InChI=1S/C17H32N2O3.C17H26N2O3.C10H19NO3.C7H7N.C2H4O2.CH4/c2*1-17(2,3)22-16(20)19(4)14-11-15(12-14)21-10-7-13-5-8-18-9-6-13;1-10(2,3)14-9(13)11(4)7-5-8(12)6-7;1-2-7-3-5-8-6-4-7;1-2(3)4;/h13-15,18H,5-12H2,1-4H3;5-6,8-9,14-15H,7,10-12H2,1-4H3;7-8,12H,5-6H2,1-4H3;2-6H,1H2;1H3,(H,3,4);1H4. The van der Waals surface area contributed by atoms with Gasteiger partial charge in [-0.15, -0.1) is 0 Å². The van der Waals surface area contributed by atoms with Gasteiger partial charge in [-0.3, -0.25) is 14.8 Å². The molecule has 0 bridgehead atoms. The molecule has 4 aliphatic rings. The number of amides is 3. The maximum absolute atomic E-state index is 12.0. The van der Waals surface area contributed by atoms with E-state index in [2.05, 4.69) is 21.9 Å². The zero-order chi connectivity index (χ0) is 52.7. The molecule has 3 amide bonds. The molecule has 3 heterocycles. The number of hydrogen-bond acceptors (Lipinski definition) is 13. The Morgan fingerprint density at radius 3 is 1.35 bits per heavy atom. The number of carboxylic acids is 1. The maximum atomic E-state index is 12.0. The first-order valence-electron chi connectivity index (χ1n) is 24.8. The number of piperidine rings is 1. The second-order valence-corrected chi connectivity index (χ2v) is 21.4. The minimum atomic E-state index is -0.833. The van der Waals surface area contributed by atoms with Crippen LogP contribution in [0.2, 0.25) is 0 Å². The number of pyridine rings is 2. The number of aromatic nitrogens is 2. The number of rotatable bonds is 12. The van der Waals surface area contributed by atoms with Gasteiger partial charge in [0.15, 0.2) is 0 Å². The average Bonchev–Trinajstić information content (AvgIpc) is 3.23. The molecule has 2 aromatic rings. The van der Waals surface area contributed by atoms with Crippen LogP contribution in [0.1, 0.15) is 146 Å². The highest BCUT2D eigenvalue weighted by Gasteiger charge is 2.38. The molecular formula is C54H92N6O11. The lowest BCUT2D eigenvalue weighted by Gasteiger charge is -2.41. The number of ether oxygens (including phenoxy) is 5. The Morgan fingerprint density at radius 1 is 0.662 bits per heavy atom. The summed E-state index contributed by atoms with van der Waals surface area (Å²) in [6.07, 6.45) is 18.0. The smallest absolute Gasteiger partial charge is 0.410 e. The van der Waals surface area contributed by atoms with Crippen LogP contribution in [-0.2, 0) is 34.9 Å². The van der Waals surface area contributed by atoms with Crippen LogP contribution < -0.4 is 5.32 Å². The van der Waals surface area contributed by atoms with E-state index in [1.165, 1.54) is 24.8 Å². The largest absolute Gasteiger partial charge is 0.481 e. The lowest BCUT2D eigenvalue weighted by molar-refractivity contribution is -0.134. The Bertz CT molecular complexity index is 1810. The molecular weight excluding hydrogens is 909 g/mol. The number of aliphatic hydroxyl groups is 1. The number of nitrogens with zero attached hydrogens (tertiary/aromatic N) is 5. The third-order valence-electron chi connectivity index (χ3n) is 11.7. The van der Waals surface area contributed by atoms with Crippen LogP contribution in [-0.4, -0.2) is 160 Å². The summed E-state index contributed by atoms with van der Waals surface area (Å²) in [7, 11) is 5.33. The van der Waals surface area contributed by atoms with E-state index in [1.807, 2.05) is 93.6 Å². The second kappa shape index (κ2) is 31.6. The molecule has 0 unspecified atom stereocenters. The van der Waals surface area contributed by atoms with Crippen LogP contribution in [0, 0.1) is 5.92 Å². The van der Waals surface area contributed by atoms with Gasteiger partial charge in [0.1, 0.15) is 16.8 Å². The van der Waals surface area contributed by atoms with E-state index in [0.29, 0.717) is 25.6 Å². The Morgan fingerprint density at radius 2 is 1.01 bits per heavy atom. The van der Waals surface area contributed by atoms with Crippen molar-refractivity contribution in [3.05, 3.63) is 66.8 Å². The summed E-state index contributed by atoms with van der Waals surface area (Å²) in [6.45, 7) is 25.4. The maximum Gasteiger partial charge on any atom is 0.410 e. The van der Waals surface area contributed by atoms with Gasteiger partial charge in [-0.25, -0.2) is 14.4 Å². The number of carbonyl (C=O) groups excluding carboxylic acids is 3. The first-order valence-corrected chi connectivity index (χ1v) is 24.8. The van der Waals surface area contributed by atoms with E-state index in [0.717, 1.165) is 70.2 Å². The molecule has 17 heteroatoms. The highest BCUT2D eigenvalue weighted by molar-refractivity contribution is 5.69. The number of carbonyl (C=O) groups is 4. The van der Waals surface area contributed by atoms with Crippen molar-refractivity contribution in [1.82, 2.24) is 30.0 Å². The van der Waals surface area contributed by atoms with Crippen LogP contribution in [0.3, 0.4) is 0 Å². The van der Waals surface area contributed by atoms with Gasteiger partial charge in [-0.2, -0.15) is 0 Å². The zero-order valence-corrected chi connectivity index (χ0v) is 44.6. The van der Waals surface area contributed by atoms with Gasteiger partial charge in [0.05, 0.1) is 24.9 Å². The number of hydrogen-bond donors (Lipinski definition) is 3. The van der Waals surface area contributed by atoms with E-state index in [4.69, 9.17) is 38.7 Å². The van der Waals surface area contributed by atoms with Crippen molar-refractivity contribution in [3.63, 3.8) is 0 Å². The van der Waals surface area contributed by atoms with Crippen LogP contribution in [0.25, 0.3) is 6.08 Å². The molecule has 0 atom stereocenters. The molecule has 0 radical (unpaired) electrons. The fourth-order valence-electron chi connectivity index (χ4n) is 7.27. The highest BCUT2D eigenvalue weighted by Crippen LogP contribution is 2.31. The van der Waals surface area contributed by atoms with E-state index in [9.17, 15) is 14.4 Å².